The lowest BCUT2D eigenvalue weighted by atomic mass is 10.0. The zero-order chi connectivity index (χ0) is 25.4. The summed E-state index contributed by atoms with van der Waals surface area (Å²) in [6.45, 7) is -0.0734. The average molecular weight is 534 g/mol. The van der Waals surface area contributed by atoms with E-state index in [1.807, 2.05) is 0 Å². The Morgan fingerprint density at radius 2 is 1.81 bits per heavy atom. The second-order valence-electron chi connectivity index (χ2n) is 8.01. The van der Waals surface area contributed by atoms with Crippen molar-refractivity contribution < 1.29 is 17.6 Å². The molecule has 4 aromatic rings. The summed E-state index contributed by atoms with van der Waals surface area (Å²) in [6, 6.07) is 14.4. The van der Waals surface area contributed by atoms with E-state index in [-0.39, 0.29) is 19.5 Å². The molecule has 0 N–H and O–H groups in total. The van der Waals surface area contributed by atoms with E-state index in [1.165, 1.54) is 38.8 Å². The third kappa shape index (κ3) is 4.89. The Labute approximate surface area is 210 Å². The van der Waals surface area contributed by atoms with Crippen molar-refractivity contribution in [3.05, 3.63) is 98.0 Å². The van der Waals surface area contributed by atoms with Crippen molar-refractivity contribution >= 4 is 34.4 Å². The first kappa shape index (κ1) is 24.1. The number of hydrogen-bond acceptors (Lipinski definition) is 5. The Kier molecular flexibility index (Phi) is 6.35. The van der Waals surface area contributed by atoms with Crippen LogP contribution in [0.3, 0.4) is 0 Å². The molecule has 0 amide bonds. The number of rotatable bonds is 6. The predicted molar refractivity (Wildman–Crippen MR) is 130 cm³/mol. The maximum atomic E-state index is 14.3. The third-order valence-electron chi connectivity index (χ3n) is 5.54. The van der Waals surface area contributed by atoms with Gasteiger partial charge < -0.3 is 0 Å². The van der Waals surface area contributed by atoms with Gasteiger partial charge in [-0.2, -0.15) is 23.4 Å². The molecule has 0 saturated carbocycles. The molecule has 0 atom stereocenters. The van der Waals surface area contributed by atoms with E-state index >= 15 is 0 Å². The first-order valence-corrected chi connectivity index (χ1v) is 11.8. The molecule has 2 aromatic heterocycles. The molecule has 0 fully saturated rings. The lowest BCUT2D eigenvalue weighted by molar-refractivity contribution is -0.137. The molecule has 1 aliphatic rings. The van der Waals surface area contributed by atoms with E-state index in [9.17, 15) is 22.4 Å². The molecule has 2 aromatic carbocycles. The number of hydrogen-bond donors (Lipinski definition) is 0. The van der Waals surface area contributed by atoms with Gasteiger partial charge in [0.2, 0.25) is 0 Å². The summed E-state index contributed by atoms with van der Waals surface area (Å²) in [5.41, 5.74) is 0.161. The molecule has 0 radical (unpaired) electrons. The molecular formula is C24H16ClF4N5OS. The molecule has 0 saturated heterocycles. The summed E-state index contributed by atoms with van der Waals surface area (Å²) in [5, 5.41) is 12.5. The molecule has 0 aliphatic carbocycles. The summed E-state index contributed by atoms with van der Waals surface area (Å²) < 4.78 is 56.6. The summed E-state index contributed by atoms with van der Waals surface area (Å²) in [4.78, 5) is 13.9. The molecule has 1 aliphatic heterocycles. The number of halogens is 5. The molecule has 0 unspecified atom stereocenters. The van der Waals surface area contributed by atoms with Gasteiger partial charge in [-0.05, 0) is 35.9 Å². The minimum absolute atomic E-state index is 0.0266. The summed E-state index contributed by atoms with van der Waals surface area (Å²) in [6.07, 6.45) is -4.31. The van der Waals surface area contributed by atoms with Crippen molar-refractivity contribution in [1.29, 1.82) is 0 Å². The molecule has 12 heteroatoms. The quantitative estimate of drug-likeness (QED) is 0.290. The van der Waals surface area contributed by atoms with Crippen LogP contribution >= 0.6 is 22.9 Å². The molecule has 5 rings (SSSR count). The Hall–Kier alpha value is -3.57. The maximum Gasteiger partial charge on any atom is 0.416 e. The first-order chi connectivity index (χ1) is 17.2. The van der Waals surface area contributed by atoms with Crippen molar-refractivity contribution in [2.75, 3.05) is 0 Å². The summed E-state index contributed by atoms with van der Waals surface area (Å²) >= 11 is 7.30. The monoisotopic (exact) mass is 533 g/mol. The van der Waals surface area contributed by atoms with Crippen LogP contribution < -0.4 is 5.69 Å². The van der Waals surface area contributed by atoms with Gasteiger partial charge in [0.25, 0.3) is 0 Å². The highest BCUT2D eigenvalue weighted by Crippen LogP contribution is 2.31. The standard InChI is InChI=1S/C24H16ClF4N5OS/c25-21-9-8-20(36-21)22-32-34(23(35)33(22)12-15-4-1-2-7-18(15)26)13-17-11-19(31-30-17)14-5-3-6-16(10-14)24(27,28)29/h1-10H,11-13H2. The fourth-order valence-corrected chi connectivity index (χ4v) is 4.83. The maximum absolute atomic E-state index is 14.3. The number of nitrogens with zero attached hydrogens (tertiary/aromatic N) is 5. The van der Waals surface area contributed by atoms with E-state index in [4.69, 9.17) is 11.6 Å². The van der Waals surface area contributed by atoms with Crippen molar-refractivity contribution in [2.24, 2.45) is 10.2 Å². The van der Waals surface area contributed by atoms with Crippen molar-refractivity contribution in [3.8, 4) is 10.7 Å². The lowest BCUT2D eigenvalue weighted by Gasteiger charge is -2.08. The zero-order valence-electron chi connectivity index (χ0n) is 18.3. The fourth-order valence-electron chi connectivity index (χ4n) is 3.79. The van der Waals surface area contributed by atoms with Crippen LogP contribution in [-0.2, 0) is 19.3 Å². The van der Waals surface area contributed by atoms with Crippen LogP contribution in [0.4, 0.5) is 17.6 Å². The van der Waals surface area contributed by atoms with E-state index in [0.29, 0.717) is 37.6 Å². The smallest absolute Gasteiger partial charge is 0.270 e. The van der Waals surface area contributed by atoms with Crippen molar-refractivity contribution in [3.63, 3.8) is 0 Å². The van der Waals surface area contributed by atoms with Crippen molar-refractivity contribution in [1.82, 2.24) is 14.3 Å². The average Bonchev–Trinajstić information content (AvgIpc) is 3.56. The number of thiophene rings is 1. The molecule has 6 nitrogen and oxygen atoms in total. The predicted octanol–water partition coefficient (Wildman–Crippen LogP) is 5.88. The van der Waals surface area contributed by atoms with Gasteiger partial charge >= 0.3 is 11.9 Å². The third-order valence-corrected chi connectivity index (χ3v) is 6.77. The van der Waals surface area contributed by atoms with Gasteiger partial charge in [-0.3, -0.25) is 4.57 Å². The van der Waals surface area contributed by atoms with Crippen LogP contribution in [0.2, 0.25) is 4.34 Å². The highest BCUT2D eigenvalue weighted by Gasteiger charge is 2.31. The highest BCUT2D eigenvalue weighted by atomic mass is 35.5. The summed E-state index contributed by atoms with van der Waals surface area (Å²) in [7, 11) is 0. The Bertz CT molecular complexity index is 1570. The topological polar surface area (TPSA) is 64.5 Å². The molecule has 184 valence electrons. The molecule has 0 bridgehead atoms. The van der Waals surface area contributed by atoms with E-state index in [1.54, 1.807) is 30.3 Å². The summed E-state index contributed by atoms with van der Waals surface area (Å²) in [5.74, 6) is -0.135. The largest absolute Gasteiger partial charge is 0.416 e. The SMILES string of the molecule is O=c1n(CC2=NN=C(c3cccc(C(F)(F)F)c3)C2)nc(-c2ccc(Cl)s2)n1Cc1ccccc1F. The Morgan fingerprint density at radius 1 is 1.00 bits per heavy atom. The van der Waals surface area contributed by atoms with Crippen LogP contribution in [0.15, 0.2) is 75.7 Å². The Morgan fingerprint density at radius 3 is 2.53 bits per heavy atom. The fraction of sp³-hybridized carbons (Fsp3) is 0.167. The Balaban J connectivity index is 1.42. The number of benzene rings is 2. The van der Waals surface area contributed by atoms with Crippen LogP contribution in [-0.4, -0.2) is 25.8 Å². The lowest BCUT2D eigenvalue weighted by Crippen LogP contribution is -2.28. The molecule has 3 heterocycles. The molecular weight excluding hydrogens is 518 g/mol. The normalized spacial score (nSPS) is 13.7. The minimum atomic E-state index is -4.47. The van der Waals surface area contributed by atoms with Crippen LogP contribution in [0.25, 0.3) is 10.7 Å². The molecule has 36 heavy (non-hydrogen) atoms. The van der Waals surface area contributed by atoms with E-state index in [2.05, 4.69) is 15.3 Å². The highest BCUT2D eigenvalue weighted by molar-refractivity contribution is 7.19. The zero-order valence-corrected chi connectivity index (χ0v) is 19.9. The number of aromatic nitrogens is 3. The van der Waals surface area contributed by atoms with E-state index < -0.39 is 23.2 Å². The van der Waals surface area contributed by atoms with Gasteiger partial charge in [0.1, 0.15) is 5.82 Å². The van der Waals surface area contributed by atoms with Gasteiger partial charge in [0.05, 0.1) is 39.3 Å². The van der Waals surface area contributed by atoms with Gasteiger partial charge in [-0.25, -0.2) is 13.9 Å². The minimum Gasteiger partial charge on any atom is -0.270 e. The van der Waals surface area contributed by atoms with E-state index in [0.717, 1.165) is 12.1 Å². The van der Waals surface area contributed by atoms with Gasteiger partial charge in [-0.1, -0.05) is 41.9 Å². The number of alkyl halides is 3. The van der Waals surface area contributed by atoms with Crippen LogP contribution in [0.5, 0.6) is 0 Å². The van der Waals surface area contributed by atoms with Gasteiger partial charge in [0, 0.05) is 12.0 Å². The molecule has 0 spiro atoms. The van der Waals surface area contributed by atoms with Crippen molar-refractivity contribution in [2.45, 2.75) is 25.7 Å². The van der Waals surface area contributed by atoms with Crippen LogP contribution in [0, 0.1) is 5.82 Å². The van der Waals surface area contributed by atoms with Gasteiger partial charge in [-0.15, -0.1) is 16.4 Å². The second kappa shape index (κ2) is 9.47. The van der Waals surface area contributed by atoms with Gasteiger partial charge in [0.15, 0.2) is 5.82 Å². The van der Waals surface area contributed by atoms with Crippen LogP contribution in [0.1, 0.15) is 23.1 Å². The first-order valence-electron chi connectivity index (χ1n) is 10.7. The second-order valence-corrected chi connectivity index (χ2v) is 9.73.